The molecular weight excluding hydrogens is 408 g/mol. The summed E-state index contributed by atoms with van der Waals surface area (Å²) in [6.45, 7) is 1.29. The van der Waals surface area contributed by atoms with Crippen LogP contribution in [0.25, 0.3) is 0 Å². The minimum Gasteiger partial charge on any atom is -0.494 e. The molecule has 0 radical (unpaired) electrons. The van der Waals surface area contributed by atoms with E-state index in [1.807, 2.05) is 18.2 Å². The lowest BCUT2D eigenvalue weighted by molar-refractivity contribution is 0.164. The number of hydrogen-bond acceptors (Lipinski definition) is 4. The van der Waals surface area contributed by atoms with Gasteiger partial charge in [0.25, 0.3) is 0 Å². The van der Waals surface area contributed by atoms with E-state index < -0.39 is 10.0 Å². The van der Waals surface area contributed by atoms with Gasteiger partial charge >= 0.3 is 0 Å². The number of benzene rings is 2. The minimum absolute atomic E-state index is 0.0677. The first-order valence-corrected chi connectivity index (χ1v) is 12.2. The van der Waals surface area contributed by atoms with Crippen molar-refractivity contribution in [1.29, 1.82) is 0 Å². The molecule has 7 heteroatoms. The van der Waals surface area contributed by atoms with E-state index in [2.05, 4.69) is 29.6 Å². The highest BCUT2D eigenvalue weighted by molar-refractivity contribution is 7.89. The molecule has 2 aromatic rings. The van der Waals surface area contributed by atoms with Gasteiger partial charge in [0.1, 0.15) is 5.75 Å². The Labute approximate surface area is 177 Å². The molecule has 1 heterocycles. The first-order chi connectivity index (χ1) is 13.9. The number of nitrogens with one attached hydrogen (secondary N) is 1. The fourth-order valence-corrected chi connectivity index (χ4v) is 5.29. The van der Waals surface area contributed by atoms with Gasteiger partial charge in [-0.15, -0.1) is 0 Å². The summed E-state index contributed by atoms with van der Waals surface area (Å²) in [5.74, 6) is 0.708. The number of ether oxygens (including phenoxy) is 1. The van der Waals surface area contributed by atoms with Crippen LogP contribution in [-0.2, 0) is 21.9 Å². The van der Waals surface area contributed by atoms with Crippen molar-refractivity contribution in [3.05, 3.63) is 64.2 Å². The summed E-state index contributed by atoms with van der Waals surface area (Å²) >= 11 is 6.12. The first kappa shape index (κ1) is 20.7. The molecule has 1 unspecified atom stereocenters. The summed E-state index contributed by atoms with van der Waals surface area (Å²) in [5.41, 5.74) is 4.05. The van der Waals surface area contributed by atoms with Crippen LogP contribution in [0.15, 0.2) is 42.5 Å². The first-order valence-electron chi connectivity index (χ1n) is 10.1. The van der Waals surface area contributed by atoms with Crippen molar-refractivity contribution in [1.82, 2.24) is 5.32 Å². The van der Waals surface area contributed by atoms with E-state index in [4.69, 9.17) is 21.5 Å². The average molecular weight is 435 g/mol. The Hall–Kier alpha value is -1.60. The Morgan fingerprint density at radius 3 is 2.59 bits per heavy atom. The lowest BCUT2D eigenvalue weighted by Crippen LogP contribution is -2.49. The second-order valence-electron chi connectivity index (χ2n) is 8.08. The zero-order valence-corrected chi connectivity index (χ0v) is 17.9. The van der Waals surface area contributed by atoms with E-state index in [1.165, 1.54) is 23.1 Å². The van der Waals surface area contributed by atoms with E-state index in [0.29, 0.717) is 13.0 Å². The summed E-state index contributed by atoms with van der Waals surface area (Å²) < 4.78 is 28.0. The molecule has 1 aliphatic carbocycles. The highest BCUT2D eigenvalue weighted by Crippen LogP contribution is 2.53. The van der Waals surface area contributed by atoms with E-state index in [1.54, 1.807) is 0 Å². The number of primary sulfonamides is 1. The fourth-order valence-electron chi connectivity index (χ4n) is 4.65. The molecular formula is C22H27ClN2O3S. The SMILES string of the molecule is NS(=O)(=O)CCCOc1ccc2c(c1)C(C1(c3ccc(Cl)cc3)CCC1)NCC2. The molecule has 0 aromatic heterocycles. The number of nitrogens with two attached hydrogens (primary N) is 1. The quantitative estimate of drug-likeness (QED) is 0.651. The lowest BCUT2D eigenvalue weighted by Gasteiger charge is -2.50. The molecule has 0 bridgehead atoms. The van der Waals surface area contributed by atoms with Gasteiger partial charge in [-0.3, -0.25) is 0 Å². The smallest absolute Gasteiger partial charge is 0.209 e. The molecule has 1 saturated carbocycles. The van der Waals surface area contributed by atoms with Crippen LogP contribution in [0.3, 0.4) is 0 Å². The minimum atomic E-state index is -3.45. The van der Waals surface area contributed by atoms with E-state index in [-0.39, 0.29) is 17.2 Å². The molecule has 0 spiro atoms. The van der Waals surface area contributed by atoms with Crippen LogP contribution >= 0.6 is 11.6 Å². The molecule has 156 valence electrons. The number of halogens is 1. The lowest BCUT2D eigenvalue weighted by atomic mass is 9.58. The average Bonchev–Trinajstić information content (AvgIpc) is 2.65. The predicted octanol–water partition coefficient (Wildman–Crippen LogP) is 3.71. The third kappa shape index (κ3) is 4.45. The van der Waals surface area contributed by atoms with Crippen molar-refractivity contribution in [2.24, 2.45) is 5.14 Å². The molecule has 0 saturated heterocycles. The Morgan fingerprint density at radius 2 is 1.93 bits per heavy atom. The predicted molar refractivity (Wildman–Crippen MR) is 116 cm³/mol. The van der Waals surface area contributed by atoms with Crippen LogP contribution in [0.2, 0.25) is 5.02 Å². The van der Waals surface area contributed by atoms with Gasteiger partial charge in [0.15, 0.2) is 0 Å². The zero-order chi connectivity index (χ0) is 20.5. The van der Waals surface area contributed by atoms with Gasteiger partial charge in [0.2, 0.25) is 10.0 Å². The van der Waals surface area contributed by atoms with Gasteiger partial charge in [-0.25, -0.2) is 13.6 Å². The van der Waals surface area contributed by atoms with Crippen molar-refractivity contribution < 1.29 is 13.2 Å². The van der Waals surface area contributed by atoms with Crippen LogP contribution in [-0.4, -0.2) is 27.3 Å². The summed E-state index contributed by atoms with van der Waals surface area (Å²) in [6, 6.07) is 14.8. The molecule has 3 N–H and O–H groups in total. The number of fused-ring (bicyclic) bond motifs is 1. The summed E-state index contributed by atoms with van der Waals surface area (Å²) in [7, 11) is -3.45. The van der Waals surface area contributed by atoms with Crippen molar-refractivity contribution >= 4 is 21.6 Å². The van der Waals surface area contributed by atoms with Crippen molar-refractivity contribution in [2.45, 2.75) is 43.6 Å². The van der Waals surface area contributed by atoms with Crippen molar-refractivity contribution in [3.8, 4) is 5.75 Å². The molecule has 5 nitrogen and oxygen atoms in total. The Kier molecular flexibility index (Phi) is 5.89. The molecule has 2 aliphatic rings. The monoisotopic (exact) mass is 434 g/mol. The molecule has 4 rings (SSSR count). The van der Waals surface area contributed by atoms with Crippen LogP contribution in [0.1, 0.15) is 48.4 Å². The Balaban J connectivity index is 1.57. The number of rotatable bonds is 7. The highest BCUT2D eigenvalue weighted by atomic mass is 35.5. The summed E-state index contributed by atoms with van der Waals surface area (Å²) in [6.07, 6.45) is 4.89. The van der Waals surface area contributed by atoms with Gasteiger partial charge in [-0.1, -0.05) is 36.2 Å². The third-order valence-corrected chi connectivity index (χ3v) is 7.34. The zero-order valence-electron chi connectivity index (χ0n) is 16.4. The molecule has 29 heavy (non-hydrogen) atoms. The Bertz CT molecular complexity index is 972. The maximum absolute atomic E-state index is 11.1. The van der Waals surface area contributed by atoms with E-state index >= 15 is 0 Å². The van der Waals surface area contributed by atoms with Gasteiger partial charge in [-0.05, 0) is 73.2 Å². The maximum atomic E-state index is 11.1. The fraction of sp³-hybridized carbons (Fsp3) is 0.455. The number of sulfonamides is 1. The van der Waals surface area contributed by atoms with Gasteiger partial charge < -0.3 is 10.1 Å². The summed E-state index contributed by atoms with van der Waals surface area (Å²) in [5, 5.41) is 9.58. The van der Waals surface area contributed by atoms with Gasteiger partial charge in [0, 0.05) is 16.5 Å². The largest absolute Gasteiger partial charge is 0.494 e. The van der Waals surface area contributed by atoms with Crippen LogP contribution < -0.4 is 15.2 Å². The van der Waals surface area contributed by atoms with Crippen molar-refractivity contribution in [3.63, 3.8) is 0 Å². The maximum Gasteiger partial charge on any atom is 0.209 e. The van der Waals surface area contributed by atoms with E-state index in [0.717, 1.165) is 36.6 Å². The van der Waals surface area contributed by atoms with Crippen LogP contribution in [0, 0.1) is 0 Å². The second kappa shape index (κ2) is 8.26. The third-order valence-electron chi connectivity index (χ3n) is 6.23. The second-order valence-corrected chi connectivity index (χ2v) is 10.3. The van der Waals surface area contributed by atoms with Crippen LogP contribution in [0.4, 0.5) is 0 Å². The molecule has 1 aliphatic heterocycles. The van der Waals surface area contributed by atoms with Gasteiger partial charge in [-0.2, -0.15) is 0 Å². The summed E-state index contributed by atoms with van der Waals surface area (Å²) in [4.78, 5) is 0. The van der Waals surface area contributed by atoms with Gasteiger partial charge in [0.05, 0.1) is 12.4 Å². The topological polar surface area (TPSA) is 81.4 Å². The molecule has 0 amide bonds. The number of hydrogen-bond donors (Lipinski definition) is 2. The molecule has 1 fully saturated rings. The molecule has 1 atom stereocenters. The highest BCUT2D eigenvalue weighted by Gasteiger charge is 2.47. The van der Waals surface area contributed by atoms with Crippen molar-refractivity contribution in [2.75, 3.05) is 18.9 Å². The van der Waals surface area contributed by atoms with Crippen LogP contribution in [0.5, 0.6) is 5.75 Å². The molecule has 2 aromatic carbocycles. The Morgan fingerprint density at radius 1 is 1.17 bits per heavy atom. The van der Waals surface area contributed by atoms with E-state index in [9.17, 15) is 8.42 Å². The normalized spacial score (nSPS) is 20.6. The standard InChI is InChI=1S/C22H27ClN2O3S/c23-18-6-4-17(5-7-18)22(10-1-11-22)21-20-15-19(8-3-16(20)9-12-25-21)28-13-2-14-29(24,26)27/h3-8,15,21,25H,1-2,9-14H2,(H2,24,26,27).